The number of methoxy groups -OCH3 is 1. The van der Waals surface area contributed by atoms with Crippen LogP contribution in [0.4, 0.5) is 0 Å². The molecule has 0 aliphatic heterocycles. The first-order valence-electron chi connectivity index (χ1n) is 6.43. The molecule has 2 rings (SSSR count). The maximum Gasteiger partial charge on any atom is 0.169 e. The lowest BCUT2D eigenvalue weighted by Gasteiger charge is -2.15. The molecular weight excluding hydrogens is 254 g/mol. The molecule has 0 aliphatic carbocycles. The van der Waals surface area contributed by atoms with Crippen LogP contribution in [0.1, 0.15) is 16.7 Å². The molecule has 106 valence electrons. The molecule has 0 saturated carbocycles. The molecule has 3 N–H and O–H groups in total. The number of benzene rings is 2. The monoisotopic (exact) mass is 273 g/mol. The van der Waals surface area contributed by atoms with Crippen LogP contribution in [-0.2, 0) is 13.2 Å². The number of aliphatic hydroxyl groups is 1. The normalized spacial score (nSPS) is 10.4. The van der Waals surface area contributed by atoms with E-state index in [4.69, 9.17) is 20.3 Å². The zero-order valence-corrected chi connectivity index (χ0v) is 11.7. The fourth-order valence-electron chi connectivity index (χ4n) is 2.02. The summed E-state index contributed by atoms with van der Waals surface area (Å²) >= 11 is 0. The van der Waals surface area contributed by atoms with Gasteiger partial charge in [-0.05, 0) is 30.2 Å². The highest BCUT2D eigenvalue weighted by molar-refractivity contribution is 5.49. The highest BCUT2D eigenvalue weighted by atomic mass is 16.5. The Hall–Kier alpha value is -2.04. The van der Waals surface area contributed by atoms with Crippen molar-refractivity contribution < 1.29 is 14.6 Å². The molecule has 0 fully saturated rings. The summed E-state index contributed by atoms with van der Waals surface area (Å²) in [6.45, 7) is 2.35. The van der Waals surface area contributed by atoms with E-state index in [1.54, 1.807) is 25.3 Å². The molecule has 0 bridgehead atoms. The Bertz CT molecular complexity index is 596. The van der Waals surface area contributed by atoms with Gasteiger partial charge in [-0.15, -0.1) is 0 Å². The van der Waals surface area contributed by atoms with Crippen LogP contribution in [-0.4, -0.2) is 12.2 Å². The SMILES string of the molecule is COc1cc(CO)ccc1Oc1c(C)cccc1CN. The highest BCUT2D eigenvalue weighted by Crippen LogP contribution is 2.35. The molecule has 0 atom stereocenters. The van der Waals surface area contributed by atoms with Gasteiger partial charge in [0.15, 0.2) is 11.5 Å². The van der Waals surface area contributed by atoms with Gasteiger partial charge in [0.2, 0.25) is 0 Å². The van der Waals surface area contributed by atoms with Gasteiger partial charge in [0.1, 0.15) is 5.75 Å². The summed E-state index contributed by atoms with van der Waals surface area (Å²) in [5.41, 5.74) is 8.48. The molecule has 0 amide bonds. The fraction of sp³-hybridized carbons (Fsp3) is 0.250. The molecule has 0 aliphatic rings. The van der Waals surface area contributed by atoms with Crippen molar-refractivity contribution in [2.75, 3.05) is 7.11 Å². The number of para-hydroxylation sites is 1. The average molecular weight is 273 g/mol. The van der Waals surface area contributed by atoms with Gasteiger partial charge in [0.05, 0.1) is 13.7 Å². The smallest absolute Gasteiger partial charge is 0.169 e. The van der Waals surface area contributed by atoms with E-state index in [-0.39, 0.29) is 6.61 Å². The van der Waals surface area contributed by atoms with Crippen LogP contribution in [0.15, 0.2) is 36.4 Å². The van der Waals surface area contributed by atoms with Crippen LogP contribution in [0.5, 0.6) is 17.2 Å². The summed E-state index contributed by atoms with van der Waals surface area (Å²) in [6.07, 6.45) is 0. The molecule has 4 nitrogen and oxygen atoms in total. The molecule has 2 aromatic carbocycles. The van der Waals surface area contributed by atoms with Gasteiger partial charge in [-0.1, -0.05) is 24.3 Å². The van der Waals surface area contributed by atoms with Gasteiger partial charge in [-0.2, -0.15) is 0 Å². The lowest BCUT2D eigenvalue weighted by Crippen LogP contribution is -2.01. The molecule has 2 aromatic rings. The first kappa shape index (κ1) is 14.4. The Morgan fingerprint density at radius 3 is 2.60 bits per heavy atom. The van der Waals surface area contributed by atoms with Gasteiger partial charge < -0.3 is 20.3 Å². The van der Waals surface area contributed by atoms with E-state index in [1.807, 2.05) is 25.1 Å². The van der Waals surface area contributed by atoms with Crippen LogP contribution in [0.25, 0.3) is 0 Å². The van der Waals surface area contributed by atoms with Crippen molar-refractivity contribution in [2.24, 2.45) is 5.73 Å². The van der Waals surface area contributed by atoms with Gasteiger partial charge in [-0.25, -0.2) is 0 Å². The van der Waals surface area contributed by atoms with Crippen LogP contribution < -0.4 is 15.2 Å². The Labute approximate surface area is 118 Å². The van der Waals surface area contributed by atoms with Crippen molar-refractivity contribution in [1.29, 1.82) is 0 Å². The summed E-state index contributed by atoms with van der Waals surface area (Å²) < 4.78 is 11.3. The predicted molar refractivity (Wildman–Crippen MR) is 78.1 cm³/mol. The van der Waals surface area contributed by atoms with Crippen LogP contribution >= 0.6 is 0 Å². The Kier molecular flexibility index (Phi) is 4.61. The highest BCUT2D eigenvalue weighted by Gasteiger charge is 2.11. The van der Waals surface area contributed by atoms with Gasteiger partial charge in [-0.3, -0.25) is 0 Å². The molecule has 0 spiro atoms. The van der Waals surface area contributed by atoms with Crippen molar-refractivity contribution >= 4 is 0 Å². The van der Waals surface area contributed by atoms with E-state index in [9.17, 15) is 0 Å². The third-order valence-corrected chi connectivity index (χ3v) is 3.14. The third-order valence-electron chi connectivity index (χ3n) is 3.14. The summed E-state index contributed by atoms with van der Waals surface area (Å²) in [4.78, 5) is 0. The molecule has 0 radical (unpaired) electrons. The average Bonchev–Trinajstić information content (AvgIpc) is 2.49. The molecule has 0 unspecified atom stereocenters. The number of aliphatic hydroxyl groups excluding tert-OH is 1. The van der Waals surface area contributed by atoms with Crippen LogP contribution in [0, 0.1) is 6.92 Å². The zero-order valence-electron chi connectivity index (χ0n) is 11.7. The summed E-state index contributed by atoms with van der Waals surface area (Å²) in [6, 6.07) is 11.2. The van der Waals surface area contributed by atoms with E-state index < -0.39 is 0 Å². The van der Waals surface area contributed by atoms with Gasteiger partial charge >= 0.3 is 0 Å². The number of nitrogens with two attached hydrogens (primary N) is 1. The molecule has 0 saturated heterocycles. The van der Waals surface area contributed by atoms with E-state index in [1.165, 1.54) is 0 Å². The number of ether oxygens (including phenoxy) is 2. The molecule has 0 heterocycles. The topological polar surface area (TPSA) is 64.7 Å². The van der Waals surface area contributed by atoms with E-state index in [0.29, 0.717) is 18.0 Å². The first-order valence-corrected chi connectivity index (χ1v) is 6.43. The third kappa shape index (κ3) is 2.92. The maximum absolute atomic E-state index is 9.15. The number of hydrogen-bond acceptors (Lipinski definition) is 4. The Morgan fingerprint density at radius 1 is 1.15 bits per heavy atom. The second-order valence-corrected chi connectivity index (χ2v) is 4.51. The zero-order chi connectivity index (χ0) is 14.5. The van der Waals surface area contributed by atoms with Gasteiger partial charge in [0.25, 0.3) is 0 Å². The van der Waals surface area contributed by atoms with Gasteiger partial charge in [0, 0.05) is 12.1 Å². The van der Waals surface area contributed by atoms with Crippen molar-refractivity contribution in [3.63, 3.8) is 0 Å². The number of hydrogen-bond donors (Lipinski definition) is 2. The van der Waals surface area contributed by atoms with Crippen molar-refractivity contribution in [2.45, 2.75) is 20.1 Å². The Balaban J connectivity index is 2.39. The molecular formula is C16H19NO3. The minimum Gasteiger partial charge on any atom is -0.493 e. The first-order chi connectivity index (χ1) is 9.69. The summed E-state index contributed by atoms with van der Waals surface area (Å²) in [5.74, 6) is 1.95. The predicted octanol–water partition coefficient (Wildman–Crippen LogP) is 2.75. The maximum atomic E-state index is 9.15. The second-order valence-electron chi connectivity index (χ2n) is 4.51. The van der Waals surface area contributed by atoms with Crippen molar-refractivity contribution in [3.05, 3.63) is 53.1 Å². The number of aryl methyl sites for hydroxylation is 1. The Morgan fingerprint density at radius 2 is 1.95 bits per heavy atom. The summed E-state index contributed by atoms with van der Waals surface area (Å²) in [7, 11) is 1.57. The minimum atomic E-state index is -0.0327. The quantitative estimate of drug-likeness (QED) is 0.879. The van der Waals surface area contributed by atoms with E-state index >= 15 is 0 Å². The fourth-order valence-corrected chi connectivity index (χ4v) is 2.02. The van der Waals surface area contributed by atoms with Crippen molar-refractivity contribution in [1.82, 2.24) is 0 Å². The second kappa shape index (κ2) is 6.41. The number of rotatable bonds is 5. The van der Waals surface area contributed by atoms with Crippen LogP contribution in [0.3, 0.4) is 0 Å². The van der Waals surface area contributed by atoms with E-state index in [0.717, 1.165) is 22.4 Å². The summed E-state index contributed by atoms with van der Waals surface area (Å²) in [5, 5.41) is 9.15. The van der Waals surface area contributed by atoms with Crippen molar-refractivity contribution in [3.8, 4) is 17.2 Å². The lowest BCUT2D eigenvalue weighted by molar-refractivity contribution is 0.280. The minimum absolute atomic E-state index is 0.0327. The standard InChI is InChI=1S/C16H19NO3/c1-11-4-3-5-13(9-17)16(11)20-14-7-6-12(10-18)8-15(14)19-2/h3-8,18H,9-10,17H2,1-2H3. The largest absolute Gasteiger partial charge is 0.493 e. The molecule has 20 heavy (non-hydrogen) atoms. The van der Waals surface area contributed by atoms with E-state index in [2.05, 4.69) is 0 Å². The molecule has 4 heteroatoms. The molecule has 0 aromatic heterocycles. The lowest BCUT2D eigenvalue weighted by atomic mass is 10.1. The van der Waals surface area contributed by atoms with Crippen LogP contribution in [0.2, 0.25) is 0 Å².